The molecule has 4 atom stereocenters. The zero-order valence-corrected chi connectivity index (χ0v) is 12.7. The number of aliphatic hydroxyl groups is 1. The van der Waals surface area contributed by atoms with E-state index in [0.717, 1.165) is 0 Å². The lowest BCUT2D eigenvalue weighted by Crippen LogP contribution is -2.74. The number of aliphatic carboxylic acids is 1. The van der Waals surface area contributed by atoms with Crippen molar-refractivity contribution in [3.8, 4) is 0 Å². The van der Waals surface area contributed by atoms with E-state index in [9.17, 15) is 24.6 Å². The topological polar surface area (TPSA) is 107 Å². The van der Waals surface area contributed by atoms with Gasteiger partial charge in [-0.05, 0) is 17.4 Å². The molecule has 7 nitrogen and oxygen atoms in total. The Labute approximate surface area is 130 Å². The Balaban J connectivity index is 2.22. The van der Waals surface area contributed by atoms with Crippen molar-refractivity contribution in [3.63, 3.8) is 0 Å². The van der Waals surface area contributed by atoms with Crippen molar-refractivity contribution in [3.05, 3.63) is 11.0 Å². The molecule has 21 heavy (non-hydrogen) atoms. The molecule has 9 heteroatoms. The van der Waals surface area contributed by atoms with Crippen molar-refractivity contribution in [1.82, 2.24) is 10.2 Å². The average molecular weight is 335 g/mol. The molecule has 0 spiro atoms. The summed E-state index contributed by atoms with van der Waals surface area (Å²) in [6, 6.07) is -1.97. The standard InChI is InChI=1S/C12H15ClN2O5S/c1-2-6(16)5-4-21-11-8(14-7(17)3-13)10(18)15(11)9(5)12(19)20/h4,6,8-9,11,16H,2-3H2,1H3,(H,14,17)(H,19,20)/t6?,8?,9?,11-/m1/s1. The molecule has 2 rings (SSSR count). The van der Waals surface area contributed by atoms with Crippen LogP contribution in [0.5, 0.6) is 0 Å². The van der Waals surface area contributed by atoms with E-state index >= 15 is 0 Å². The molecule has 0 aromatic carbocycles. The number of carbonyl (C=O) groups is 3. The lowest BCUT2D eigenvalue weighted by molar-refractivity contribution is -0.160. The van der Waals surface area contributed by atoms with Gasteiger partial charge >= 0.3 is 5.97 Å². The van der Waals surface area contributed by atoms with Crippen LogP contribution in [0.4, 0.5) is 0 Å². The third-order valence-corrected chi connectivity index (χ3v) is 4.89. The molecule has 0 aliphatic carbocycles. The summed E-state index contributed by atoms with van der Waals surface area (Å²) in [5, 5.41) is 22.8. The fourth-order valence-electron chi connectivity index (χ4n) is 2.38. The summed E-state index contributed by atoms with van der Waals surface area (Å²) in [7, 11) is 0. The van der Waals surface area contributed by atoms with Gasteiger partial charge in [0.05, 0.1) is 6.10 Å². The van der Waals surface area contributed by atoms with Crippen LogP contribution in [0.3, 0.4) is 0 Å². The third kappa shape index (κ3) is 2.75. The molecule has 2 aliphatic rings. The summed E-state index contributed by atoms with van der Waals surface area (Å²) < 4.78 is 0. The van der Waals surface area contributed by atoms with Gasteiger partial charge < -0.3 is 20.4 Å². The van der Waals surface area contributed by atoms with Crippen LogP contribution in [0.25, 0.3) is 0 Å². The number of alkyl halides is 1. The van der Waals surface area contributed by atoms with E-state index in [1.807, 2.05) is 0 Å². The smallest absolute Gasteiger partial charge is 0.330 e. The summed E-state index contributed by atoms with van der Waals surface area (Å²) in [4.78, 5) is 36.0. The van der Waals surface area contributed by atoms with E-state index in [0.29, 0.717) is 12.0 Å². The number of nitrogens with one attached hydrogen (secondary N) is 1. The number of amides is 2. The summed E-state index contributed by atoms with van der Waals surface area (Å²) in [5.74, 6) is -2.42. The molecule has 3 unspecified atom stereocenters. The lowest BCUT2D eigenvalue weighted by Gasteiger charge is -2.51. The Bertz CT molecular complexity index is 512. The predicted octanol–water partition coefficient (Wildman–Crippen LogP) is -0.267. The van der Waals surface area contributed by atoms with Gasteiger partial charge in [-0.3, -0.25) is 9.59 Å². The highest BCUT2D eigenvalue weighted by molar-refractivity contribution is 8.02. The van der Waals surface area contributed by atoms with Crippen molar-refractivity contribution in [2.45, 2.75) is 36.9 Å². The van der Waals surface area contributed by atoms with Crippen molar-refractivity contribution < 1.29 is 24.6 Å². The molecule has 0 bridgehead atoms. The van der Waals surface area contributed by atoms with Gasteiger partial charge in [0.1, 0.15) is 17.3 Å². The van der Waals surface area contributed by atoms with Gasteiger partial charge in [0.15, 0.2) is 6.04 Å². The summed E-state index contributed by atoms with van der Waals surface area (Å²) in [5.41, 5.74) is 0.293. The minimum Gasteiger partial charge on any atom is -0.479 e. The first-order valence-electron chi connectivity index (χ1n) is 6.36. The van der Waals surface area contributed by atoms with Crippen LogP contribution in [0.2, 0.25) is 0 Å². The van der Waals surface area contributed by atoms with Gasteiger partial charge in [-0.2, -0.15) is 0 Å². The number of rotatable bonds is 5. The Morgan fingerprint density at radius 2 is 2.24 bits per heavy atom. The molecule has 116 valence electrons. The van der Waals surface area contributed by atoms with Crippen molar-refractivity contribution in [2.75, 3.05) is 5.88 Å². The molecule has 0 saturated carbocycles. The lowest BCUT2D eigenvalue weighted by atomic mass is 9.94. The fourth-order valence-corrected chi connectivity index (χ4v) is 3.74. The van der Waals surface area contributed by atoms with Gasteiger partial charge in [-0.1, -0.05) is 6.92 Å². The van der Waals surface area contributed by atoms with Gasteiger partial charge in [-0.25, -0.2) is 4.79 Å². The monoisotopic (exact) mass is 334 g/mol. The van der Waals surface area contributed by atoms with Crippen LogP contribution >= 0.6 is 23.4 Å². The SMILES string of the molecule is CCC(O)C1=CS[C@@H]2C(NC(=O)CCl)C(=O)N2C1C(=O)O. The second-order valence-electron chi connectivity index (χ2n) is 4.73. The Kier molecular flexibility index (Phi) is 4.80. The maximum atomic E-state index is 12.1. The molecule has 0 aromatic heterocycles. The second kappa shape index (κ2) is 6.25. The maximum absolute atomic E-state index is 12.1. The van der Waals surface area contributed by atoms with Crippen molar-refractivity contribution in [1.29, 1.82) is 0 Å². The molecule has 2 heterocycles. The van der Waals surface area contributed by atoms with E-state index in [4.69, 9.17) is 11.6 Å². The molecule has 1 saturated heterocycles. The number of carboxylic acid groups (broad SMARTS) is 1. The van der Waals surface area contributed by atoms with E-state index in [2.05, 4.69) is 5.32 Å². The second-order valence-corrected chi connectivity index (χ2v) is 5.99. The molecule has 0 aromatic rings. The largest absolute Gasteiger partial charge is 0.479 e. The number of hydrogen-bond acceptors (Lipinski definition) is 5. The van der Waals surface area contributed by atoms with Crippen LogP contribution in [0.15, 0.2) is 11.0 Å². The first kappa shape index (κ1) is 16.1. The first-order chi connectivity index (χ1) is 9.92. The van der Waals surface area contributed by atoms with Gasteiger partial charge in [-0.15, -0.1) is 23.4 Å². The van der Waals surface area contributed by atoms with Gasteiger partial charge in [0, 0.05) is 0 Å². The number of hydrogen-bond donors (Lipinski definition) is 3. The number of fused-ring (bicyclic) bond motifs is 1. The van der Waals surface area contributed by atoms with Crippen LogP contribution in [-0.2, 0) is 14.4 Å². The quantitative estimate of drug-likeness (QED) is 0.472. The highest BCUT2D eigenvalue weighted by Gasteiger charge is 2.56. The molecular formula is C12H15ClN2O5S. The average Bonchev–Trinajstić information content (AvgIpc) is 2.49. The number of carboxylic acids is 1. The summed E-state index contributed by atoms with van der Waals surface area (Å²) >= 11 is 6.59. The van der Waals surface area contributed by atoms with E-state index in [1.54, 1.807) is 12.3 Å². The highest BCUT2D eigenvalue weighted by atomic mass is 35.5. The van der Waals surface area contributed by atoms with Gasteiger partial charge in [0.2, 0.25) is 11.8 Å². The van der Waals surface area contributed by atoms with Crippen LogP contribution in [-0.4, -0.2) is 62.3 Å². The zero-order chi connectivity index (χ0) is 15.7. The molecule has 2 aliphatic heterocycles. The number of β-lactam (4-membered cyclic amide) rings is 1. The van der Waals surface area contributed by atoms with Crippen LogP contribution < -0.4 is 5.32 Å². The molecule has 3 N–H and O–H groups in total. The molecule has 1 fully saturated rings. The first-order valence-corrected chi connectivity index (χ1v) is 7.83. The molecular weight excluding hydrogens is 320 g/mol. The zero-order valence-electron chi connectivity index (χ0n) is 11.2. The van der Waals surface area contributed by atoms with E-state index in [-0.39, 0.29) is 5.88 Å². The van der Waals surface area contributed by atoms with Crippen molar-refractivity contribution >= 4 is 41.1 Å². The van der Waals surface area contributed by atoms with E-state index < -0.39 is 41.3 Å². The number of aliphatic hydroxyl groups excluding tert-OH is 1. The Morgan fingerprint density at radius 3 is 2.76 bits per heavy atom. The number of carbonyl (C=O) groups excluding carboxylic acids is 2. The van der Waals surface area contributed by atoms with Gasteiger partial charge in [0.25, 0.3) is 0 Å². The van der Waals surface area contributed by atoms with Crippen LogP contribution in [0, 0.1) is 0 Å². The third-order valence-electron chi connectivity index (χ3n) is 3.46. The summed E-state index contributed by atoms with van der Waals surface area (Å²) in [6.07, 6.45) is -0.557. The minimum atomic E-state index is -1.20. The minimum absolute atomic E-state index is 0.265. The normalized spacial score (nSPS) is 29.1. The van der Waals surface area contributed by atoms with Crippen molar-refractivity contribution in [2.24, 2.45) is 0 Å². The Hall–Kier alpha value is -1.25. The Morgan fingerprint density at radius 1 is 1.57 bits per heavy atom. The van der Waals surface area contributed by atoms with E-state index in [1.165, 1.54) is 16.7 Å². The summed E-state index contributed by atoms with van der Waals surface area (Å²) in [6.45, 7) is 1.72. The number of halogens is 1. The number of thioether (sulfide) groups is 1. The molecule has 0 radical (unpaired) electrons. The predicted molar refractivity (Wildman–Crippen MR) is 76.7 cm³/mol. The maximum Gasteiger partial charge on any atom is 0.330 e. The number of nitrogens with zero attached hydrogens (tertiary/aromatic N) is 1. The fraction of sp³-hybridized carbons (Fsp3) is 0.583. The van der Waals surface area contributed by atoms with Crippen LogP contribution in [0.1, 0.15) is 13.3 Å². The molecule has 2 amide bonds. The highest BCUT2D eigenvalue weighted by Crippen LogP contribution is 2.41.